The summed E-state index contributed by atoms with van der Waals surface area (Å²) in [6.45, 7) is 0. The molecular formula is C15H8BrCl2N3. The molecule has 104 valence electrons. The Morgan fingerprint density at radius 1 is 0.905 bits per heavy atom. The normalized spacial score (nSPS) is 11.6. The summed E-state index contributed by atoms with van der Waals surface area (Å²) in [4.78, 5) is 11.2. The van der Waals surface area contributed by atoms with Gasteiger partial charge in [0.05, 0.1) is 26.8 Å². The van der Waals surface area contributed by atoms with E-state index in [1.165, 1.54) is 0 Å². The lowest BCUT2D eigenvalue weighted by Crippen LogP contribution is -1.78. The highest BCUT2D eigenvalue weighted by Gasteiger charge is 2.10. The molecule has 0 spiro atoms. The Morgan fingerprint density at radius 2 is 1.71 bits per heavy atom. The summed E-state index contributed by atoms with van der Waals surface area (Å²) >= 11 is 15.5. The fourth-order valence-electron chi connectivity index (χ4n) is 2.36. The Hall–Kier alpha value is -1.49. The van der Waals surface area contributed by atoms with Gasteiger partial charge in [0.25, 0.3) is 0 Å². The van der Waals surface area contributed by atoms with Crippen molar-refractivity contribution in [2.75, 3.05) is 0 Å². The molecule has 0 aliphatic heterocycles. The Bertz CT molecular complexity index is 948. The van der Waals surface area contributed by atoms with E-state index in [1.807, 2.05) is 12.1 Å². The highest BCUT2D eigenvalue weighted by molar-refractivity contribution is 9.10. The largest absolute Gasteiger partial charge is 0.352 e. The average molecular weight is 381 g/mol. The highest BCUT2D eigenvalue weighted by Crippen LogP contribution is 2.30. The number of aromatic nitrogens is 3. The van der Waals surface area contributed by atoms with Gasteiger partial charge in [-0.3, -0.25) is 0 Å². The van der Waals surface area contributed by atoms with Crippen LogP contribution in [0.3, 0.4) is 0 Å². The first-order valence-corrected chi connectivity index (χ1v) is 7.78. The molecule has 6 heteroatoms. The third-order valence-electron chi connectivity index (χ3n) is 3.36. The van der Waals surface area contributed by atoms with Crippen LogP contribution in [0.4, 0.5) is 0 Å². The summed E-state index contributed by atoms with van der Waals surface area (Å²) in [6, 6.07) is 11.7. The quantitative estimate of drug-likeness (QED) is 0.431. The lowest BCUT2D eigenvalue weighted by atomic mass is 10.2. The molecule has 0 saturated carbocycles. The van der Waals surface area contributed by atoms with Gasteiger partial charge in [-0.05, 0) is 30.3 Å². The fraction of sp³-hybridized carbons (Fsp3) is 0. The van der Waals surface area contributed by atoms with Crippen LogP contribution >= 0.6 is 39.1 Å². The second-order valence-corrected chi connectivity index (χ2v) is 6.51. The summed E-state index contributed by atoms with van der Waals surface area (Å²) in [5, 5.41) is 2.15. The third kappa shape index (κ3) is 2.24. The molecule has 0 bridgehead atoms. The van der Waals surface area contributed by atoms with Crippen LogP contribution in [0.25, 0.3) is 33.5 Å². The number of benzene rings is 2. The molecule has 0 aliphatic carbocycles. The number of nitrogens with one attached hydrogen (secondary N) is 2. The van der Waals surface area contributed by atoms with Crippen LogP contribution in [0, 0.1) is 0 Å². The van der Waals surface area contributed by atoms with Crippen LogP contribution in [0.1, 0.15) is 0 Å². The molecule has 0 fully saturated rings. The van der Waals surface area contributed by atoms with Crippen molar-refractivity contribution in [2.24, 2.45) is 0 Å². The first kappa shape index (κ1) is 13.2. The number of aromatic amines is 2. The number of rotatable bonds is 1. The number of nitrogens with zero attached hydrogens (tertiary/aromatic N) is 1. The third-order valence-corrected chi connectivity index (χ3v) is 4.58. The lowest BCUT2D eigenvalue weighted by Gasteiger charge is -1.93. The zero-order valence-electron chi connectivity index (χ0n) is 10.5. The maximum atomic E-state index is 6.03. The van der Waals surface area contributed by atoms with Crippen LogP contribution < -0.4 is 0 Å². The van der Waals surface area contributed by atoms with E-state index in [2.05, 4.69) is 43.0 Å². The smallest absolute Gasteiger partial charge is 0.155 e. The first-order valence-electron chi connectivity index (χ1n) is 6.23. The molecule has 21 heavy (non-hydrogen) atoms. The molecule has 0 radical (unpaired) electrons. The minimum absolute atomic E-state index is 0.503. The molecule has 2 N–H and O–H groups in total. The molecule has 0 amide bonds. The van der Waals surface area contributed by atoms with Crippen molar-refractivity contribution in [1.29, 1.82) is 0 Å². The van der Waals surface area contributed by atoms with Crippen LogP contribution in [-0.2, 0) is 0 Å². The monoisotopic (exact) mass is 379 g/mol. The summed E-state index contributed by atoms with van der Waals surface area (Å²) in [5.41, 5.74) is 3.63. The molecular weight excluding hydrogens is 373 g/mol. The molecule has 3 nitrogen and oxygen atoms in total. The van der Waals surface area contributed by atoms with Crippen LogP contribution in [0.5, 0.6) is 0 Å². The van der Waals surface area contributed by atoms with Crippen LogP contribution in [-0.4, -0.2) is 15.0 Å². The molecule has 0 unspecified atom stereocenters. The minimum Gasteiger partial charge on any atom is -0.352 e. The Morgan fingerprint density at radius 3 is 2.57 bits per heavy atom. The highest BCUT2D eigenvalue weighted by atomic mass is 79.9. The van der Waals surface area contributed by atoms with Gasteiger partial charge in [0.2, 0.25) is 0 Å². The van der Waals surface area contributed by atoms with Gasteiger partial charge < -0.3 is 9.97 Å². The van der Waals surface area contributed by atoms with Gasteiger partial charge in [0.1, 0.15) is 0 Å². The molecule has 0 saturated heterocycles. The van der Waals surface area contributed by atoms with E-state index in [0.29, 0.717) is 10.0 Å². The van der Waals surface area contributed by atoms with Crippen molar-refractivity contribution in [2.45, 2.75) is 0 Å². The molecule has 2 heterocycles. The zero-order chi connectivity index (χ0) is 14.6. The van der Waals surface area contributed by atoms with E-state index in [0.717, 1.165) is 37.9 Å². The van der Waals surface area contributed by atoms with Crippen molar-refractivity contribution in [1.82, 2.24) is 15.0 Å². The second-order valence-electron chi connectivity index (χ2n) is 4.78. The number of imidazole rings is 1. The summed E-state index contributed by atoms with van der Waals surface area (Å²) in [6.07, 6.45) is 0. The van der Waals surface area contributed by atoms with Crippen molar-refractivity contribution >= 4 is 61.1 Å². The van der Waals surface area contributed by atoms with Gasteiger partial charge in [-0.2, -0.15) is 0 Å². The zero-order valence-corrected chi connectivity index (χ0v) is 13.6. The summed E-state index contributed by atoms with van der Waals surface area (Å²) < 4.78 is 1.03. The SMILES string of the molecule is Clc1cc2nc(-c3cc4ccc(Br)cc4[nH]3)[nH]c2cc1Cl. The molecule has 2 aromatic heterocycles. The van der Waals surface area contributed by atoms with Gasteiger partial charge in [-0.1, -0.05) is 45.2 Å². The predicted octanol–water partition coefficient (Wildman–Crippen LogP) is 5.78. The molecule has 2 aromatic carbocycles. The molecule has 0 atom stereocenters. The molecule has 4 aromatic rings. The fourth-order valence-corrected chi connectivity index (χ4v) is 3.04. The van der Waals surface area contributed by atoms with E-state index in [-0.39, 0.29) is 0 Å². The minimum atomic E-state index is 0.503. The lowest BCUT2D eigenvalue weighted by molar-refractivity contribution is 1.29. The van der Waals surface area contributed by atoms with Gasteiger partial charge in [-0.15, -0.1) is 0 Å². The second kappa shape index (κ2) is 4.77. The van der Waals surface area contributed by atoms with Gasteiger partial charge >= 0.3 is 0 Å². The number of hydrogen-bond donors (Lipinski definition) is 2. The maximum Gasteiger partial charge on any atom is 0.155 e. The van der Waals surface area contributed by atoms with Crippen molar-refractivity contribution in [3.63, 3.8) is 0 Å². The van der Waals surface area contributed by atoms with Crippen LogP contribution in [0.2, 0.25) is 10.0 Å². The van der Waals surface area contributed by atoms with E-state index < -0.39 is 0 Å². The Balaban J connectivity index is 1.91. The van der Waals surface area contributed by atoms with E-state index in [1.54, 1.807) is 12.1 Å². The number of hydrogen-bond acceptors (Lipinski definition) is 1. The van der Waals surface area contributed by atoms with Crippen LogP contribution in [0.15, 0.2) is 40.9 Å². The number of H-pyrrole nitrogens is 2. The standard InChI is InChI=1S/C15H8BrCl2N3/c16-8-2-1-7-3-14(19-11(7)4-8)15-20-12-5-9(17)10(18)6-13(12)21-15/h1-6,19H,(H,20,21). The maximum absolute atomic E-state index is 6.03. The molecule has 4 rings (SSSR count). The van der Waals surface area contributed by atoms with Gasteiger partial charge in [-0.25, -0.2) is 4.98 Å². The topological polar surface area (TPSA) is 44.5 Å². The van der Waals surface area contributed by atoms with Crippen molar-refractivity contribution in [3.8, 4) is 11.5 Å². The molecule has 0 aliphatic rings. The first-order chi connectivity index (χ1) is 10.1. The van der Waals surface area contributed by atoms with Gasteiger partial charge in [0.15, 0.2) is 5.82 Å². The number of fused-ring (bicyclic) bond motifs is 2. The summed E-state index contributed by atoms with van der Waals surface area (Å²) in [7, 11) is 0. The predicted molar refractivity (Wildman–Crippen MR) is 91.1 cm³/mol. The number of halogens is 3. The van der Waals surface area contributed by atoms with Gasteiger partial charge in [0, 0.05) is 15.4 Å². The Kier molecular flexibility index (Phi) is 2.99. The van der Waals surface area contributed by atoms with Crippen molar-refractivity contribution in [3.05, 3.63) is 50.9 Å². The average Bonchev–Trinajstić information content (AvgIpc) is 3.02. The Labute approximate surface area is 138 Å². The summed E-state index contributed by atoms with van der Waals surface area (Å²) in [5.74, 6) is 0.760. The van der Waals surface area contributed by atoms with E-state index in [4.69, 9.17) is 23.2 Å². The van der Waals surface area contributed by atoms with E-state index in [9.17, 15) is 0 Å². The van der Waals surface area contributed by atoms with Crippen molar-refractivity contribution < 1.29 is 0 Å². The van der Waals surface area contributed by atoms with E-state index >= 15 is 0 Å².